The summed E-state index contributed by atoms with van der Waals surface area (Å²) in [6.07, 6.45) is 3.58. The molecule has 0 spiro atoms. The third-order valence-corrected chi connectivity index (χ3v) is 0.126. The summed E-state index contributed by atoms with van der Waals surface area (Å²) in [5.74, 6) is 0. The average Bonchev–Trinajstić information content (AvgIpc) is 1.69. The molecule has 42 valence electrons. The van der Waals surface area contributed by atoms with Gasteiger partial charge in [-0.05, 0) is 13.8 Å². The van der Waals surface area contributed by atoms with E-state index in [0.29, 0.717) is 6.33 Å². The van der Waals surface area contributed by atoms with Gasteiger partial charge in [-0.25, -0.2) is 4.39 Å². The van der Waals surface area contributed by atoms with Crippen LogP contribution < -0.4 is 0 Å². The zero-order valence-electron chi connectivity index (χ0n) is 4.82. The summed E-state index contributed by atoms with van der Waals surface area (Å²) in [5.41, 5.74) is 0. The Bertz CT molecular complexity index is 42.1. The van der Waals surface area contributed by atoms with Gasteiger partial charge in [0.15, 0.2) is 0 Å². The molecule has 0 aromatic rings. The van der Waals surface area contributed by atoms with E-state index in [-0.39, 0.29) is 0 Å². The molecule has 0 rings (SSSR count). The van der Waals surface area contributed by atoms with Gasteiger partial charge in [-0.1, -0.05) is 12.2 Å². The molecule has 0 unspecified atom stereocenters. The first kappa shape index (κ1) is 9.65. The normalized spacial score (nSPS) is 7.29. The summed E-state index contributed by atoms with van der Waals surface area (Å²) >= 11 is 0. The topological polar surface area (TPSA) is 0 Å². The molecule has 0 N–H and O–H groups in total. The highest BCUT2D eigenvalue weighted by Gasteiger charge is 1.38. The van der Waals surface area contributed by atoms with Crippen LogP contribution >= 0.6 is 0 Å². The second kappa shape index (κ2) is 18.1. The van der Waals surface area contributed by atoms with Crippen molar-refractivity contribution in [2.75, 3.05) is 0 Å². The number of hydrogen-bond acceptors (Lipinski definition) is 0. The molecule has 0 amide bonds. The second-order valence-electron chi connectivity index (χ2n) is 0.868. The quantitative estimate of drug-likeness (QED) is 0.412. The van der Waals surface area contributed by atoms with E-state index in [4.69, 9.17) is 0 Å². The summed E-state index contributed by atoms with van der Waals surface area (Å²) in [7, 11) is 0. The van der Waals surface area contributed by atoms with Crippen LogP contribution in [0, 0.1) is 0 Å². The van der Waals surface area contributed by atoms with E-state index in [9.17, 15) is 4.39 Å². The Morgan fingerprint density at radius 1 is 1.43 bits per heavy atom. The van der Waals surface area contributed by atoms with Crippen molar-refractivity contribution in [3.63, 3.8) is 0 Å². The van der Waals surface area contributed by atoms with Crippen molar-refractivity contribution in [2.24, 2.45) is 0 Å². The fraction of sp³-hybridized carbons (Fsp3) is 0.333. The highest BCUT2D eigenvalue weighted by atomic mass is 19.1. The van der Waals surface area contributed by atoms with E-state index < -0.39 is 0 Å². The van der Waals surface area contributed by atoms with Crippen LogP contribution in [0.1, 0.15) is 13.8 Å². The van der Waals surface area contributed by atoms with Gasteiger partial charge in [0.2, 0.25) is 0 Å². The van der Waals surface area contributed by atoms with Crippen molar-refractivity contribution in [1.82, 2.24) is 0 Å². The van der Waals surface area contributed by atoms with E-state index in [0.717, 1.165) is 0 Å². The van der Waals surface area contributed by atoms with Gasteiger partial charge in [0.05, 0.1) is 6.33 Å². The van der Waals surface area contributed by atoms with Crippen LogP contribution in [-0.4, -0.2) is 0 Å². The van der Waals surface area contributed by atoms with Gasteiger partial charge >= 0.3 is 0 Å². The maximum Gasteiger partial charge on any atom is 0.0824 e. The van der Waals surface area contributed by atoms with Gasteiger partial charge < -0.3 is 0 Å². The molecule has 0 atom stereocenters. The molecule has 0 heterocycles. The SMILES string of the molecule is C/C=C/F.C=CC. The van der Waals surface area contributed by atoms with Gasteiger partial charge in [-0.2, -0.15) is 0 Å². The van der Waals surface area contributed by atoms with Crippen molar-refractivity contribution in [2.45, 2.75) is 13.8 Å². The van der Waals surface area contributed by atoms with Crippen molar-refractivity contribution >= 4 is 0 Å². The Morgan fingerprint density at radius 2 is 1.57 bits per heavy atom. The first-order chi connectivity index (χ1) is 3.33. The molecule has 0 saturated heterocycles. The van der Waals surface area contributed by atoms with Crippen LogP contribution in [0.2, 0.25) is 0 Å². The van der Waals surface area contributed by atoms with Crippen LogP contribution in [0.3, 0.4) is 0 Å². The van der Waals surface area contributed by atoms with Crippen molar-refractivity contribution in [3.05, 3.63) is 25.1 Å². The van der Waals surface area contributed by atoms with Gasteiger partial charge in [-0.3, -0.25) is 0 Å². The van der Waals surface area contributed by atoms with E-state index in [2.05, 4.69) is 6.58 Å². The Hall–Kier alpha value is -0.590. The minimum atomic E-state index is 0.500. The maximum absolute atomic E-state index is 10.5. The fourth-order valence-electron chi connectivity index (χ4n) is 0. The minimum absolute atomic E-state index is 0.500. The van der Waals surface area contributed by atoms with E-state index in [1.165, 1.54) is 6.08 Å². The number of hydrogen-bond donors (Lipinski definition) is 0. The molecule has 1 heteroatoms. The van der Waals surface area contributed by atoms with Gasteiger partial charge in [0.25, 0.3) is 0 Å². The van der Waals surface area contributed by atoms with Crippen molar-refractivity contribution < 1.29 is 4.39 Å². The predicted octanol–water partition coefficient (Wildman–Crippen LogP) is 2.68. The van der Waals surface area contributed by atoms with Crippen LogP contribution in [0.4, 0.5) is 4.39 Å². The Labute approximate surface area is 44.4 Å². The standard InChI is InChI=1S/C3H5F.C3H6/c1-2-3-4;1-3-2/h2-3H,1H3;3H,1H2,2H3/b3-2+;. The van der Waals surface area contributed by atoms with E-state index in [1.807, 2.05) is 6.92 Å². The monoisotopic (exact) mass is 102 g/mol. The lowest BCUT2D eigenvalue weighted by molar-refractivity contribution is 0.719. The molecule has 0 bridgehead atoms. The van der Waals surface area contributed by atoms with Gasteiger partial charge in [0.1, 0.15) is 0 Å². The van der Waals surface area contributed by atoms with Crippen LogP contribution in [-0.2, 0) is 0 Å². The lowest BCUT2D eigenvalue weighted by Crippen LogP contribution is -1.22. The first-order valence-corrected chi connectivity index (χ1v) is 2.11. The summed E-state index contributed by atoms with van der Waals surface area (Å²) < 4.78 is 10.5. The van der Waals surface area contributed by atoms with E-state index in [1.54, 1.807) is 13.0 Å². The molecule has 0 nitrogen and oxygen atoms in total. The largest absolute Gasteiger partial charge is 0.216 e. The molecule has 7 heavy (non-hydrogen) atoms. The lowest BCUT2D eigenvalue weighted by atomic mass is 10.8. The molecular formula is C6H11F. The van der Waals surface area contributed by atoms with Crippen molar-refractivity contribution in [1.29, 1.82) is 0 Å². The van der Waals surface area contributed by atoms with Crippen molar-refractivity contribution in [3.8, 4) is 0 Å². The Balaban J connectivity index is 0. The van der Waals surface area contributed by atoms with Gasteiger partial charge in [-0.15, -0.1) is 6.58 Å². The third kappa shape index (κ3) is 374. The molecule has 0 radical (unpaired) electrons. The third-order valence-electron chi connectivity index (χ3n) is 0.126. The summed E-state index contributed by atoms with van der Waals surface area (Å²) in [6, 6.07) is 0. The Kier molecular flexibility index (Phi) is 25.0. The summed E-state index contributed by atoms with van der Waals surface area (Å²) in [6.45, 7) is 6.88. The smallest absolute Gasteiger partial charge is 0.0824 e. The van der Waals surface area contributed by atoms with Gasteiger partial charge in [0, 0.05) is 0 Å². The highest BCUT2D eigenvalue weighted by molar-refractivity contribution is 4.61. The first-order valence-electron chi connectivity index (χ1n) is 2.11. The number of rotatable bonds is 0. The lowest BCUT2D eigenvalue weighted by Gasteiger charge is -1.45. The molecule has 0 aromatic carbocycles. The highest BCUT2D eigenvalue weighted by Crippen LogP contribution is 1.62. The van der Waals surface area contributed by atoms with Crippen LogP contribution in [0.5, 0.6) is 0 Å². The maximum atomic E-state index is 10.5. The minimum Gasteiger partial charge on any atom is -0.216 e. The van der Waals surface area contributed by atoms with E-state index >= 15 is 0 Å². The fourth-order valence-corrected chi connectivity index (χ4v) is 0. The zero-order valence-corrected chi connectivity index (χ0v) is 4.82. The summed E-state index contributed by atoms with van der Waals surface area (Å²) in [5, 5.41) is 0. The molecule has 0 aliphatic rings. The molecule has 0 aromatic heterocycles. The summed E-state index contributed by atoms with van der Waals surface area (Å²) in [4.78, 5) is 0. The Morgan fingerprint density at radius 3 is 1.57 bits per heavy atom. The average molecular weight is 102 g/mol. The predicted molar refractivity (Wildman–Crippen MR) is 31.8 cm³/mol. The van der Waals surface area contributed by atoms with Crippen LogP contribution in [0.25, 0.3) is 0 Å². The molecule has 0 fully saturated rings. The molecule has 0 saturated carbocycles. The second-order valence-corrected chi connectivity index (χ2v) is 0.868. The zero-order chi connectivity index (χ0) is 6.12. The molecule has 0 aliphatic carbocycles. The van der Waals surface area contributed by atoms with Crippen LogP contribution in [0.15, 0.2) is 25.1 Å². The molecular weight excluding hydrogens is 91.1 g/mol. The number of allylic oxidation sites excluding steroid dienone is 2. The molecule has 0 aliphatic heterocycles. The number of halogens is 1.